The highest BCUT2D eigenvalue weighted by Gasteiger charge is 2.32. The molecule has 0 aliphatic heterocycles. The third-order valence-corrected chi connectivity index (χ3v) is 4.83. The minimum atomic E-state index is -0.856. The van der Waals surface area contributed by atoms with Crippen molar-refractivity contribution < 1.29 is 33.3 Å². The van der Waals surface area contributed by atoms with Crippen LogP contribution in [0.1, 0.15) is 57.5 Å². The molecule has 0 saturated heterocycles. The Labute approximate surface area is 194 Å². The molecule has 0 bridgehead atoms. The van der Waals surface area contributed by atoms with Gasteiger partial charge >= 0.3 is 17.9 Å². The molecule has 0 radical (unpaired) electrons. The monoisotopic (exact) mass is 456 g/mol. The van der Waals surface area contributed by atoms with Crippen LogP contribution in [0.2, 0.25) is 0 Å². The molecule has 2 aromatic carbocycles. The van der Waals surface area contributed by atoms with E-state index in [1.807, 2.05) is 6.07 Å². The molecule has 0 unspecified atom stereocenters. The van der Waals surface area contributed by atoms with Crippen molar-refractivity contribution in [2.24, 2.45) is 10.8 Å². The second kappa shape index (κ2) is 9.65. The van der Waals surface area contributed by atoms with Gasteiger partial charge in [0.2, 0.25) is 0 Å². The maximum Gasteiger partial charge on any atom is 0.345 e. The first kappa shape index (κ1) is 25.9. The van der Waals surface area contributed by atoms with Crippen molar-refractivity contribution in [2.75, 3.05) is 14.2 Å². The molecule has 0 fully saturated rings. The summed E-state index contributed by atoms with van der Waals surface area (Å²) in [5.74, 6) is -1.51. The number of carbonyl (C=O) groups excluding carboxylic acids is 3. The van der Waals surface area contributed by atoms with Crippen LogP contribution in [0.5, 0.6) is 17.2 Å². The molecule has 0 spiro atoms. The van der Waals surface area contributed by atoms with Gasteiger partial charge in [0, 0.05) is 5.39 Å². The van der Waals surface area contributed by atoms with E-state index < -0.39 is 28.7 Å². The molecular weight excluding hydrogens is 424 g/mol. The summed E-state index contributed by atoms with van der Waals surface area (Å²) in [6.07, 6.45) is 2.25. The van der Waals surface area contributed by atoms with E-state index in [9.17, 15) is 14.4 Å². The van der Waals surface area contributed by atoms with Crippen LogP contribution in [0.4, 0.5) is 0 Å². The van der Waals surface area contributed by atoms with Gasteiger partial charge in [-0.1, -0.05) is 6.08 Å². The Kier molecular flexibility index (Phi) is 7.57. The number of benzene rings is 2. The SMILES string of the molecule is C=CCc1cc2cc(OC(=O)C(C)(C)C)c(C(=O)OC)c(OC(=O)C(C)(C)C)c2cc1OC. The molecule has 0 N–H and O–H groups in total. The largest absolute Gasteiger partial charge is 0.496 e. The van der Waals surface area contributed by atoms with Crippen molar-refractivity contribution in [3.63, 3.8) is 0 Å². The van der Waals surface area contributed by atoms with Crippen LogP contribution in [0.15, 0.2) is 30.9 Å². The Hall–Kier alpha value is -3.35. The molecule has 7 nitrogen and oxygen atoms in total. The lowest BCUT2D eigenvalue weighted by atomic mass is 9.96. The standard InChI is InChI=1S/C26H32O7/c1-10-11-15-12-16-13-19(32-23(28)25(2,3)4)20(22(27)31-9)21(17(16)14-18(15)30-8)33-24(29)26(5,6)7/h10,12-14H,1,11H2,2-9H3. The predicted molar refractivity (Wildman–Crippen MR) is 126 cm³/mol. The van der Waals surface area contributed by atoms with Crippen molar-refractivity contribution in [1.82, 2.24) is 0 Å². The van der Waals surface area contributed by atoms with Crippen LogP contribution < -0.4 is 14.2 Å². The second-order valence-electron chi connectivity index (χ2n) is 9.73. The molecule has 2 aromatic rings. The molecule has 0 atom stereocenters. The maximum absolute atomic E-state index is 12.8. The van der Waals surface area contributed by atoms with Crippen LogP contribution in [-0.2, 0) is 20.7 Å². The number of rotatable bonds is 6. The van der Waals surface area contributed by atoms with Gasteiger partial charge in [0.1, 0.15) is 17.1 Å². The molecule has 0 saturated carbocycles. The number of hydrogen-bond acceptors (Lipinski definition) is 7. The average molecular weight is 457 g/mol. The van der Waals surface area contributed by atoms with E-state index in [4.69, 9.17) is 18.9 Å². The van der Waals surface area contributed by atoms with Gasteiger partial charge in [0.05, 0.1) is 25.0 Å². The van der Waals surface area contributed by atoms with Crippen molar-refractivity contribution in [1.29, 1.82) is 0 Å². The van der Waals surface area contributed by atoms with Gasteiger partial charge in [-0.2, -0.15) is 0 Å². The van der Waals surface area contributed by atoms with E-state index in [1.165, 1.54) is 14.2 Å². The molecular formula is C26H32O7. The highest BCUT2D eigenvalue weighted by atomic mass is 16.6. The third kappa shape index (κ3) is 5.72. The molecule has 0 aromatic heterocycles. The molecule has 0 aliphatic carbocycles. The number of carbonyl (C=O) groups is 3. The van der Waals surface area contributed by atoms with Crippen molar-refractivity contribution in [3.8, 4) is 17.2 Å². The van der Waals surface area contributed by atoms with Crippen LogP contribution in [0, 0.1) is 10.8 Å². The zero-order chi connectivity index (χ0) is 25.1. The van der Waals surface area contributed by atoms with E-state index in [2.05, 4.69) is 6.58 Å². The normalized spacial score (nSPS) is 11.6. The Bertz CT molecular complexity index is 1100. The molecule has 7 heteroatoms. The third-order valence-electron chi connectivity index (χ3n) is 4.83. The van der Waals surface area contributed by atoms with Gasteiger partial charge in [0.25, 0.3) is 0 Å². The van der Waals surface area contributed by atoms with Crippen molar-refractivity contribution >= 4 is 28.7 Å². The summed E-state index contributed by atoms with van der Waals surface area (Å²) in [5, 5.41) is 1.03. The Morgan fingerprint density at radius 1 is 0.879 bits per heavy atom. The second-order valence-corrected chi connectivity index (χ2v) is 9.73. The summed E-state index contributed by atoms with van der Waals surface area (Å²) in [4.78, 5) is 38.3. The van der Waals surface area contributed by atoms with Crippen LogP contribution in [-0.4, -0.2) is 32.1 Å². The van der Waals surface area contributed by atoms with Gasteiger partial charge in [-0.25, -0.2) is 4.79 Å². The van der Waals surface area contributed by atoms with E-state index in [1.54, 1.807) is 59.8 Å². The van der Waals surface area contributed by atoms with Crippen molar-refractivity contribution in [2.45, 2.75) is 48.0 Å². The summed E-state index contributed by atoms with van der Waals surface area (Å²) in [5.41, 5.74) is -1.02. The summed E-state index contributed by atoms with van der Waals surface area (Å²) in [6, 6.07) is 5.06. The Morgan fingerprint density at radius 3 is 1.94 bits per heavy atom. The van der Waals surface area contributed by atoms with E-state index >= 15 is 0 Å². The smallest absolute Gasteiger partial charge is 0.345 e. The summed E-state index contributed by atoms with van der Waals surface area (Å²) in [7, 11) is 2.72. The first-order valence-electron chi connectivity index (χ1n) is 10.6. The lowest BCUT2D eigenvalue weighted by Crippen LogP contribution is -2.28. The molecule has 0 amide bonds. The van der Waals surface area contributed by atoms with Crippen LogP contribution in [0.3, 0.4) is 0 Å². The molecule has 33 heavy (non-hydrogen) atoms. The highest BCUT2D eigenvalue weighted by molar-refractivity contribution is 6.06. The number of esters is 3. The fourth-order valence-electron chi connectivity index (χ4n) is 2.91. The minimum Gasteiger partial charge on any atom is -0.496 e. The minimum absolute atomic E-state index is 0.0549. The molecule has 0 aliphatic rings. The first-order valence-corrected chi connectivity index (χ1v) is 10.6. The van der Waals surface area contributed by atoms with Crippen molar-refractivity contribution in [3.05, 3.63) is 42.0 Å². The quantitative estimate of drug-likeness (QED) is 0.332. The lowest BCUT2D eigenvalue weighted by molar-refractivity contribution is -0.143. The van der Waals surface area contributed by atoms with Crippen LogP contribution >= 0.6 is 0 Å². The summed E-state index contributed by atoms with van der Waals surface area (Å²) in [6.45, 7) is 13.9. The number of hydrogen-bond donors (Lipinski definition) is 0. The average Bonchev–Trinajstić information content (AvgIpc) is 2.71. The zero-order valence-electron chi connectivity index (χ0n) is 20.6. The molecule has 2 rings (SSSR count). The number of allylic oxidation sites excluding steroid dienone is 1. The van der Waals surface area contributed by atoms with E-state index in [0.717, 1.165) is 5.56 Å². The summed E-state index contributed by atoms with van der Waals surface area (Å²) < 4.78 is 21.8. The number of ether oxygens (including phenoxy) is 4. The number of methoxy groups -OCH3 is 2. The Morgan fingerprint density at radius 2 is 1.45 bits per heavy atom. The van der Waals surface area contributed by atoms with E-state index in [-0.39, 0.29) is 17.1 Å². The zero-order valence-corrected chi connectivity index (χ0v) is 20.6. The van der Waals surface area contributed by atoms with Gasteiger partial charge in [-0.15, -0.1) is 6.58 Å². The maximum atomic E-state index is 12.8. The van der Waals surface area contributed by atoms with Gasteiger partial charge < -0.3 is 18.9 Å². The lowest BCUT2D eigenvalue weighted by Gasteiger charge is -2.22. The predicted octanol–water partition coefficient (Wildman–Crippen LogP) is 5.27. The van der Waals surface area contributed by atoms with E-state index in [0.29, 0.717) is 22.9 Å². The highest BCUT2D eigenvalue weighted by Crippen LogP contribution is 2.42. The first-order chi connectivity index (χ1) is 15.2. The van der Waals surface area contributed by atoms with Gasteiger partial charge in [-0.05, 0) is 77.1 Å². The Balaban J connectivity index is 2.95. The summed E-state index contributed by atoms with van der Waals surface area (Å²) >= 11 is 0. The topological polar surface area (TPSA) is 88.1 Å². The fourth-order valence-corrected chi connectivity index (χ4v) is 2.91. The van der Waals surface area contributed by atoms with Gasteiger partial charge in [-0.3, -0.25) is 9.59 Å². The fraction of sp³-hybridized carbons (Fsp3) is 0.423. The van der Waals surface area contributed by atoms with Gasteiger partial charge in [0.15, 0.2) is 5.75 Å². The number of fused-ring (bicyclic) bond motifs is 1. The molecule has 0 heterocycles. The van der Waals surface area contributed by atoms with Crippen LogP contribution in [0.25, 0.3) is 10.8 Å². The molecule has 178 valence electrons.